The van der Waals surface area contributed by atoms with Crippen molar-refractivity contribution >= 4 is 5.71 Å². The molecule has 0 amide bonds. The molecule has 0 aromatic heterocycles. The summed E-state index contributed by atoms with van der Waals surface area (Å²) in [6.07, 6.45) is 8.29. The summed E-state index contributed by atoms with van der Waals surface area (Å²) in [7, 11) is 0. The lowest BCUT2D eigenvalue weighted by atomic mass is 10.1. The first kappa shape index (κ1) is 8.28. The molecule has 0 N–H and O–H groups in total. The minimum atomic E-state index is 0.925. The van der Waals surface area contributed by atoms with E-state index in [1.54, 1.807) is 5.71 Å². The van der Waals surface area contributed by atoms with Gasteiger partial charge in [-0.25, -0.2) is 0 Å². The van der Waals surface area contributed by atoms with Gasteiger partial charge in [-0.05, 0) is 43.9 Å². The molecule has 2 saturated carbocycles. The van der Waals surface area contributed by atoms with Gasteiger partial charge in [0.1, 0.15) is 0 Å². The zero-order chi connectivity index (χ0) is 8.39. The second-order valence-corrected chi connectivity index (χ2v) is 4.21. The van der Waals surface area contributed by atoms with Crippen LogP contribution in [0.25, 0.3) is 0 Å². The molecular formula is C11H19N. The molecule has 0 aliphatic heterocycles. The first-order valence-corrected chi connectivity index (χ1v) is 5.46. The first-order valence-electron chi connectivity index (χ1n) is 5.46. The number of rotatable bonds is 5. The summed E-state index contributed by atoms with van der Waals surface area (Å²) in [5.41, 5.74) is 1.60. The fraction of sp³-hybridized carbons (Fsp3) is 0.909. The monoisotopic (exact) mass is 165 g/mol. The predicted octanol–water partition coefficient (Wildman–Crippen LogP) is 3.05. The highest BCUT2D eigenvalue weighted by Gasteiger charge is 2.37. The Bertz CT molecular complexity index is 161. The number of hydrogen-bond acceptors (Lipinski definition) is 1. The lowest BCUT2D eigenvalue weighted by Crippen LogP contribution is -2.04. The molecule has 0 atom stereocenters. The van der Waals surface area contributed by atoms with Crippen molar-refractivity contribution in [1.29, 1.82) is 0 Å². The summed E-state index contributed by atoms with van der Waals surface area (Å²) >= 11 is 0. The summed E-state index contributed by atoms with van der Waals surface area (Å²) < 4.78 is 0. The van der Waals surface area contributed by atoms with Gasteiger partial charge >= 0.3 is 0 Å². The molecule has 1 heteroatoms. The van der Waals surface area contributed by atoms with Crippen LogP contribution in [0.1, 0.15) is 45.4 Å². The average Bonchev–Trinajstić information content (AvgIpc) is 2.87. The van der Waals surface area contributed by atoms with Gasteiger partial charge in [0.05, 0.1) is 0 Å². The first-order chi connectivity index (χ1) is 5.92. The highest BCUT2D eigenvalue weighted by Crippen LogP contribution is 2.42. The maximum atomic E-state index is 4.75. The molecule has 2 rings (SSSR count). The molecule has 12 heavy (non-hydrogen) atoms. The third-order valence-corrected chi connectivity index (χ3v) is 2.80. The average molecular weight is 165 g/mol. The minimum Gasteiger partial charge on any atom is -0.294 e. The quantitative estimate of drug-likeness (QED) is 0.438. The molecule has 0 heterocycles. The molecular weight excluding hydrogens is 146 g/mol. The van der Waals surface area contributed by atoms with Gasteiger partial charge in [-0.15, -0.1) is 0 Å². The van der Waals surface area contributed by atoms with E-state index in [1.807, 2.05) is 0 Å². The zero-order valence-electron chi connectivity index (χ0n) is 8.05. The molecule has 0 aromatic rings. The lowest BCUT2D eigenvalue weighted by Gasteiger charge is -2.01. The Balaban J connectivity index is 1.82. The van der Waals surface area contributed by atoms with Crippen molar-refractivity contribution in [2.45, 2.75) is 45.4 Å². The Hall–Kier alpha value is -0.330. The van der Waals surface area contributed by atoms with Crippen LogP contribution in [0.15, 0.2) is 4.99 Å². The standard InChI is InChI=1S/C11H19N/c1-2-3-8-12-11(9-4-5-9)10-6-7-10/h9-10H,2-8H2,1H3. The molecule has 0 radical (unpaired) electrons. The minimum absolute atomic E-state index is 0.925. The molecule has 2 aliphatic rings. The molecule has 0 aromatic carbocycles. The van der Waals surface area contributed by atoms with Crippen LogP contribution in [0.2, 0.25) is 0 Å². The Morgan fingerprint density at radius 1 is 1.17 bits per heavy atom. The normalized spacial score (nSPS) is 22.4. The lowest BCUT2D eigenvalue weighted by molar-refractivity contribution is 0.798. The van der Waals surface area contributed by atoms with Gasteiger partial charge in [0.15, 0.2) is 0 Å². The van der Waals surface area contributed by atoms with Crippen molar-refractivity contribution in [3.8, 4) is 0 Å². The van der Waals surface area contributed by atoms with Crippen molar-refractivity contribution in [3.05, 3.63) is 0 Å². The van der Waals surface area contributed by atoms with Gasteiger partial charge in [0, 0.05) is 12.3 Å². The van der Waals surface area contributed by atoms with E-state index >= 15 is 0 Å². The number of nitrogens with zero attached hydrogens (tertiary/aromatic N) is 1. The van der Waals surface area contributed by atoms with E-state index < -0.39 is 0 Å². The van der Waals surface area contributed by atoms with Gasteiger partial charge in [-0.2, -0.15) is 0 Å². The highest BCUT2D eigenvalue weighted by molar-refractivity contribution is 5.92. The van der Waals surface area contributed by atoms with E-state index in [0.29, 0.717) is 0 Å². The van der Waals surface area contributed by atoms with Crippen molar-refractivity contribution in [2.75, 3.05) is 6.54 Å². The van der Waals surface area contributed by atoms with Gasteiger partial charge in [0.25, 0.3) is 0 Å². The smallest absolute Gasteiger partial charge is 0.0388 e. The van der Waals surface area contributed by atoms with Crippen LogP contribution in [0, 0.1) is 11.8 Å². The molecule has 0 unspecified atom stereocenters. The highest BCUT2D eigenvalue weighted by atomic mass is 14.8. The van der Waals surface area contributed by atoms with Gasteiger partial charge in [0.2, 0.25) is 0 Å². The van der Waals surface area contributed by atoms with Crippen molar-refractivity contribution in [3.63, 3.8) is 0 Å². The summed E-state index contributed by atoms with van der Waals surface area (Å²) in [4.78, 5) is 4.75. The molecule has 68 valence electrons. The third kappa shape index (κ3) is 2.09. The molecule has 1 nitrogen and oxygen atoms in total. The maximum Gasteiger partial charge on any atom is 0.0388 e. The Morgan fingerprint density at radius 3 is 2.17 bits per heavy atom. The fourth-order valence-electron chi connectivity index (χ4n) is 1.72. The molecule has 0 bridgehead atoms. The maximum absolute atomic E-state index is 4.75. The van der Waals surface area contributed by atoms with E-state index in [4.69, 9.17) is 4.99 Å². The van der Waals surface area contributed by atoms with Gasteiger partial charge in [-0.1, -0.05) is 13.3 Å². The second-order valence-electron chi connectivity index (χ2n) is 4.21. The van der Waals surface area contributed by atoms with Crippen molar-refractivity contribution in [2.24, 2.45) is 16.8 Å². The van der Waals surface area contributed by atoms with Gasteiger partial charge < -0.3 is 0 Å². The SMILES string of the molecule is CCCCN=C(C1CC1)C1CC1. The molecule has 2 aliphatic carbocycles. The Kier molecular flexibility index (Phi) is 2.48. The van der Waals surface area contributed by atoms with Crippen molar-refractivity contribution < 1.29 is 0 Å². The van der Waals surface area contributed by atoms with Crippen LogP contribution >= 0.6 is 0 Å². The van der Waals surface area contributed by atoms with E-state index in [-0.39, 0.29) is 0 Å². The molecule has 0 saturated heterocycles. The van der Waals surface area contributed by atoms with Crippen LogP contribution < -0.4 is 0 Å². The predicted molar refractivity (Wildman–Crippen MR) is 52.7 cm³/mol. The number of unbranched alkanes of at least 4 members (excludes halogenated alkanes) is 1. The van der Waals surface area contributed by atoms with Crippen molar-refractivity contribution in [1.82, 2.24) is 0 Å². The molecule has 0 spiro atoms. The topological polar surface area (TPSA) is 12.4 Å². The summed E-state index contributed by atoms with van der Waals surface area (Å²) in [6.45, 7) is 3.34. The largest absolute Gasteiger partial charge is 0.294 e. The van der Waals surface area contributed by atoms with Gasteiger partial charge in [-0.3, -0.25) is 4.99 Å². The van der Waals surface area contributed by atoms with Crippen LogP contribution in [-0.4, -0.2) is 12.3 Å². The van der Waals surface area contributed by atoms with Crippen LogP contribution in [0.3, 0.4) is 0 Å². The fourth-order valence-corrected chi connectivity index (χ4v) is 1.72. The third-order valence-electron chi connectivity index (χ3n) is 2.80. The van der Waals surface area contributed by atoms with E-state index in [2.05, 4.69) is 6.92 Å². The second kappa shape index (κ2) is 3.59. The summed E-state index contributed by atoms with van der Waals surface area (Å²) in [5, 5.41) is 0. The van der Waals surface area contributed by atoms with E-state index in [9.17, 15) is 0 Å². The Labute approximate surface area is 75.3 Å². The van der Waals surface area contributed by atoms with E-state index in [1.165, 1.54) is 38.5 Å². The van der Waals surface area contributed by atoms with E-state index in [0.717, 1.165) is 18.4 Å². The molecule has 2 fully saturated rings. The summed E-state index contributed by atoms with van der Waals surface area (Å²) in [6, 6.07) is 0. The Morgan fingerprint density at radius 2 is 1.75 bits per heavy atom. The number of aliphatic imine (C=N–C) groups is 1. The zero-order valence-corrected chi connectivity index (χ0v) is 8.05. The van der Waals surface area contributed by atoms with Crippen LogP contribution in [0.4, 0.5) is 0 Å². The summed E-state index contributed by atoms with van der Waals surface area (Å²) in [5.74, 6) is 1.85. The number of hydrogen-bond donors (Lipinski definition) is 0. The van der Waals surface area contributed by atoms with Crippen LogP contribution in [0.5, 0.6) is 0 Å². The van der Waals surface area contributed by atoms with Crippen LogP contribution in [-0.2, 0) is 0 Å².